The van der Waals surface area contributed by atoms with E-state index in [9.17, 15) is 14.4 Å². The molecule has 0 unspecified atom stereocenters. The van der Waals surface area contributed by atoms with Gasteiger partial charge < -0.3 is 0 Å². The van der Waals surface area contributed by atoms with Gasteiger partial charge in [-0.1, -0.05) is 17.3 Å². The summed E-state index contributed by atoms with van der Waals surface area (Å²) in [5, 5.41) is 3.67. The van der Waals surface area contributed by atoms with Gasteiger partial charge in [0.1, 0.15) is 0 Å². The minimum atomic E-state index is -0.709. The lowest BCUT2D eigenvalue weighted by molar-refractivity contribution is 0.0648. The van der Waals surface area contributed by atoms with Gasteiger partial charge in [-0.2, -0.15) is 0 Å². The minimum absolute atomic E-state index is 0.00724. The molecule has 124 valence electrons. The Morgan fingerprint density at radius 2 is 1.52 bits per heavy atom. The standard InChI is InChI=1S/C16H11N5O4/c22-14-10-4-1-2-5-11(10)15(23)21(14)9-8-20-13(19-25-16(20)24)12-17-6-3-7-18-12/h1-7H,8-9H2. The van der Waals surface area contributed by atoms with Crippen molar-refractivity contribution < 1.29 is 14.1 Å². The first-order chi connectivity index (χ1) is 12.2. The number of carbonyl (C=O) groups is 2. The summed E-state index contributed by atoms with van der Waals surface area (Å²) < 4.78 is 5.86. The third-order valence-corrected chi connectivity index (χ3v) is 3.88. The van der Waals surface area contributed by atoms with Gasteiger partial charge >= 0.3 is 5.76 Å². The van der Waals surface area contributed by atoms with Gasteiger partial charge in [0.2, 0.25) is 5.82 Å². The number of rotatable bonds is 4. The van der Waals surface area contributed by atoms with Crippen molar-refractivity contribution in [3.8, 4) is 11.6 Å². The molecule has 0 saturated heterocycles. The van der Waals surface area contributed by atoms with Crippen LogP contribution in [0.15, 0.2) is 52.0 Å². The second-order valence-electron chi connectivity index (χ2n) is 5.30. The fraction of sp³-hybridized carbons (Fsp3) is 0.125. The lowest BCUT2D eigenvalue weighted by Crippen LogP contribution is -2.34. The van der Waals surface area contributed by atoms with Crippen LogP contribution in [0.5, 0.6) is 0 Å². The molecule has 0 atom stereocenters. The number of imide groups is 1. The summed E-state index contributed by atoms with van der Waals surface area (Å²) in [7, 11) is 0. The van der Waals surface area contributed by atoms with E-state index in [0.717, 1.165) is 4.90 Å². The van der Waals surface area contributed by atoms with Gasteiger partial charge in [0, 0.05) is 25.5 Å². The Kier molecular flexibility index (Phi) is 3.46. The smallest absolute Gasteiger partial charge is 0.295 e. The molecular weight excluding hydrogens is 326 g/mol. The highest BCUT2D eigenvalue weighted by molar-refractivity contribution is 6.21. The summed E-state index contributed by atoms with van der Waals surface area (Å²) in [4.78, 5) is 45.8. The summed E-state index contributed by atoms with van der Waals surface area (Å²) in [6.45, 7) is 0.0364. The molecule has 9 heteroatoms. The lowest BCUT2D eigenvalue weighted by atomic mass is 10.1. The number of benzene rings is 1. The zero-order valence-corrected chi connectivity index (χ0v) is 12.8. The third kappa shape index (κ3) is 2.42. The second-order valence-corrected chi connectivity index (χ2v) is 5.30. The van der Waals surface area contributed by atoms with Crippen molar-refractivity contribution in [2.24, 2.45) is 0 Å². The number of amides is 2. The summed E-state index contributed by atoms with van der Waals surface area (Å²) in [5.41, 5.74) is 0.716. The van der Waals surface area contributed by atoms with Gasteiger partial charge in [-0.15, -0.1) is 0 Å². The Morgan fingerprint density at radius 1 is 0.880 bits per heavy atom. The molecule has 1 aliphatic heterocycles. The molecule has 1 aliphatic rings. The molecule has 0 bridgehead atoms. The third-order valence-electron chi connectivity index (χ3n) is 3.88. The number of fused-ring (bicyclic) bond motifs is 1. The van der Waals surface area contributed by atoms with Crippen LogP contribution in [0.2, 0.25) is 0 Å². The molecule has 1 aromatic carbocycles. The predicted molar refractivity (Wildman–Crippen MR) is 83.6 cm³/mol. The zero-order valence-electron chi connectivity index (χ0n) is 12.8. The highest BCUT2D eigenvalue weighted by atomic mass is 16.5. The SMILES string of the molecule is O=C1c2ccccc2C(=O)N1CCn1c(-c2ncccn2)noc1=O. The molecule has 2 aromatic heterocycles. The van der Waals surface area contributed by atoms with Crippen LogP contribution in [0.1, 0.15) is 20.7 Å². The molecule has 9 nitrogen and oxygen atoms in total. The van der Waals surface area contributed by atoms with E-state index in [1.165, 1.54) is 17.0 Å². The van der Waals surface area contributed by atoms with Crippen molar-refractivity contribution in [2.75, 3.05) is 6.54 Å². The van der Waals surface area contributed by atoms with Crippen LogP contribution in [0.4, 0.5) is 0 Å². The Balaban J connectivity index is 1.60. The first-order valence-corrected chi connectivity index (χ1v) is 7.46. The van der Waals surface area contributed by atoms with E-state index in [0.29, 0.717) is 11.1 Å². The Labute approximate surface area is 140 Å². The minimum Gasteiger partial charge on any atom is -0.295 e. The summed E-state index contributed by atoms with van der Waals surface area (Å²) in [5.74, 6) is -1.12. The second kappa shape index (κ2) is 5.78. The molecule has 0 aliphatic carbocycles. The summed E-state index contributed by atoms with van der Waals surface area (Å²) >= 11 is 0. The van der Waals surface area contributed by atoms with Crippen LogP contribution in [-0.4, -0.2) is 43.0 Å². The van der Waals surface area contributed by atoms with Crippen molar-refractivity contribution in [2.45, 2.75) is 6.54 Å². The molecule has 3 heterocycles. The van der Waals surface area contributed by atoms with E-state index in [1.807, 2.05) is 0 Å². The molecule has 25 heavy (non-hydrogen) atoms. The number of nitrogens with zero attached hydrogens (tertiary/aromatic N) is 5. The van der Waals surface area contributed by atoms with Crippen molar-refractivity contribution in [1.82, 2.24) is 24.6 Å². The van der Waals surface area contributed by atoms with Gasteiger partial charge in [-0.3, -0.25) is 23.6 Å². The van der Waals surface area contributed by atoms with Gasteiger partial charge in [-0.25, -0.2) is 14.8 Å². The molecule has 0 spiro atoms. The largest absolute Gasteiger partial charge is 0.442 e. The van der Waals surface area contributed by atoms with Gasteiger partial charge in [0.05, 0.1) is 11.1 Å². The molecule has 3 aromatic rings. The van der Waals surface area contributed by atoms with Crippen LogP contribution in [0.25, 0.3) is 11.6 Å². The Bertz CT molecular complexity index is 989. The first kappa shape index (κ1) is 14.9. The van der Waals surface area contributed by atoms with E-state index in [-0.39, 0.29) is 36.6 Å². The molecule has 0 radical (unpaired) electrons. The molecule has 0 saturated carbocycles. The Hall–Kier alpha value is -3.62. The lowest BCUT2D eigenvalue weighted by Gasteiger charge is -2.13. The van der Waals surface area contributed by atoms with E-state index in [1.54, 1.807) is 30.3 Å². The molecule has 0 fully saturated rings. The molecule has 2 amide bonds. The van der Waals surface area contributed by atoms with Gasteiger partial charge in [0.15, 0.2) is 5.82 Å². The van der Waals surface area contributed by atoms with Crippen LogP contribution >= 0.6 is 0 Å². The number of aromatic nitrogens is 4. The molecule has 0 N–H and O–H groups in total. The zero-order chi connectivity index (χ0) is 17.4. The van der Waals surface area contributed by atoms with E-state index >= 15 is 0 Å². The van der Waals surface area contributed by atoms with E-state index in [4.69, 9.17) is 0 Å². The summed E-state index contributed by atoms with van der Waals surface area (Å²) in [6, 6.07) is 8.23. The van der Waals surface area contributed by atoms with Crippen LogP contribution in [-0.2, 0) is 6.54 Å². The molecule has 4 rings (SSSR count). The van der Waals surface area contributed by atoms with Crippen molar-refractivity contribution >= 4 is 11.8 Å². The maximum absolute atomic E-state index is 12.4. The highest BCUT2D eigenvalue weighted by Crippen LogP contribution is 2.22. The summed E-state index contributed by atoms with van der Waals surface area (Å²) in [6.07, 6.45) is 3.02. The Morgan fingerprint density at radius 3 is 2.16 bits per heavy atom. The quantitative estimate of drug-likeness (QED) is 0.640. The average molecular weight is 337 g/mol. The van der Waals surface area contributed by atoms with E-state index in [2.05, 4.69) is 19.6 Å². The van der Waals surface area contributed by atoms with E-state index < -0.39 is 5.76 Å². The maximum atomic E-state index is 12.4. The molecular formula is C16H11N5O4. The van der Waals surface area contributed by atoms with Gasteiger partial charge in [-0.05, 0) is 18.2 Å². The topological polar surface area (TPSA) is 111 Å². The first-order valence-electron chi connectivity index (χ1n) is 7.46. The normalized spacial score (nSPS) is 13.4. The van der Waals surface area contributed by atoms with Crippen molar-refractivity contribution in [1.29, 1.82) is 0 Å². The number of hydrogen-bond donors (Lipinski definition) is 0. The fourth-order valence-electron chi connectivity index (χ4n) is 2.68. The fourth-order valence-corrected chi connectivity index (χ4v) is 2.68. The number of carbonyl (C=O) groups excluding carboxylic acids is 2. The number of hydrogen-bond acceptors (Lipinski definition) is 7. The van der Waals surface area contributed by atoms with Crippen molar-refractivity contribution in [3.05, 3.63) is 64.4 Å². The predicted octanol–water partition coefficient (Wildman–Crippen LogP) is 0.589. The average Bonchev–Trinajstić information content (AvgIpc) is 3.13. The monoisotopic (exact) mass is 337 g/mol. The highest BCUT2D eigenvalue weighted by Gasteiger charge is 2.35. The van der Waals surface area contributed by atoms with Crippen LogP contribution in [0, 0.1) is 0 Å². The van der Waals surface area contributed by atoms with Crippen LogP contribution in [0.3, 0.4) is 0 Å². The van der Waals surface area contributed by atoms with Crippen molar-refractivity contribution in [3.63, 3.8) is 0 Å². The van der Waals surface area contributed by atoms with Gasteiger partial charge in [0.25, 0.3) is 11.8 Å². The van der Waals surface area contributed by atoms with Crippen LogP contribution < -0.4 is 5.76 Å². The maximum Gasteiger partial charge on any atom is 0.442 e.